The minimum absolute atomic E-state index is 0.110. The Morgan fingerprint density at radius 1 is 1.13 bits per heavy atom. The zero-order valence-corrected chi connectivity index (χ0v) is 18.2. The number of imidazole rings is 1. The Labute approximate surface area is 180 Å². The van der Waals surface area contributed by atoms with E-state index in [2.05, 4.69) is 24.0 Å². The minimum Gasteiger partial charge on any atom is -0.493 e. The Morgan fingerprint density at radius 2 is 1.90 bits per heavy atom. The van der Waals surface area contributed by atoms with Gasteiger partial charge in [0.25, 0.3) is 0 Å². The van der Waals surface area contributed by atoms with Gasteiger partial charge in [0.05, 0.1) is 20.0 Å². The molecule has 0 aliphatic carbocycles. The van der Waals surface area contributed by atoms with Crippen LogP contribution in [-0.4, -0.2) is 46.9 Å². The summed E-state index contributed by atoms with van der Waals surface area (Å²) < 4.78 is 12.8. The molecule has 4 rings (SSSR count). The first-order chi connectivity index (χ1) is 14.6. The second kappa shape index (κ2) is 8.83. The van der Waals surface area contributed by atoms with Crippen molar-refractivity contribution < 1.29 is 14.3 Å². The maximum atomic E-state index is 12.9. The number of hydrogen-bond acceptors (Lipinski definition) is 5. The number of nitrogens with zero attached hydrogens (tertiary/aromatic N) is 3. The summed E-state index contributed by atoms with van der Waals surface area (Å²) in [5, 5.41) is 0.817. The summed E-state index contributed by atoms with van der Waals surface area (Å²) in [6.07, 6.45) is 4.51. The first-order valence-corrected chi connectivity index (χ1v) is 10.8. The van der Waals surface area contributed by atoms with Crippen LogP contribution < -0.4 is 9.47 Å². The van der Waals surface area contributed by atoms with Gasteiger partial charge >= 0.3 is 0 Å². The second-order valence-electron chi connectivity index (χ2n) is 7.25. The van der Waals surface area contributed by atoms with Crippen LogP contribution in [0, 0.1) is 6.92 Å². The zero-order valence-electron chi connectivity index (χ0n) is 17.4. The van der Waals surface area contributed by atoms with Gasteiger partial charge in [0.1, 0.15) is 0 Å². The molecular formula is C23H25N3O3S. The van der Waals surface area contributed by atoms with Crippen LogP contribution in [0.2, 0.25) is 0 Å². The molecule has 30 heavy (non-hydrogen) atoms. The molecular weight excluding hydrogens is 398 g/mol. The highest BCUT2D eigenvalue weighted by Crippen LogP contribution is 2.33. The molecule has 0 saturated carbocycles. The van der Waals surface area contributed by atoms with Crippen LogP contribution in [0.5, 0.6) is 11.5 Å². The Balaban J connectivity index is 1.43. The topological polar surface area (TPSA) is 56.6 Å². The Hall–Kier alpha value is -2.93. The minimum atomic E-state index is 0.110. The van der Waals surface area contributed by atoms with Crippen molar-refractivity contribution in [3.05, 3.63) is 65.5 Å². The first-order valence-electron chi connectivity index (χ1n) is 9.84. The van der Waals surface area contributed by atoms with Crippen molar-refractivity contribution >= 4 is 17.7 Å². The molecule has 7 heteroatoms. The standard InChI is InChI=1S/C23H25N3O3S/c1-16-5-4-6-19(11-16)26-10-8-24-23(26)30-15-22(27)25-9-7-17-12-20(28-2)21(29-3)13-18(17)14-25/h4-6,8,10-13H,7,9,14-15H2,1-3H3. The van der Waals surface area contributed by atoms with Gasteiger partial charge in [0, 0.05) is 31.2 Å². The van der Waals surface area contributed by atoms with E-state index in [0.717, 1.165) is 28.6 Å². The average molecular weight is 424 g/mol. The molecule has 1 aliphatic rings. The van der Waals surface area contributed by atoms with Crippen LogP contribution in [0.3, 0.4) is 0 Å². The number of carbonyl (C=O) groups excluding carboxylic acids is 1. The number of methoxy groups -OCH3 is 2. The number of fused-ring (bicyclic) bond motifs is 1. The molecule has 156 valence electrons. The number of carbonyl (C=O) groups is 1. The van der Waals surface area contributed by atoms with Crippen LogP contribution in [-0.2, 0) is 17.8 Å². The predicted molar refractivity (Wildman–Crippen MR) is 118 cm³/mol. The monoisotopic (exact) mass is 423 g/mol. The molecule has 0 fully saturated rings. The van der Waals surface area contributed by atoms with E-state index in [4.69, 9.17) is 9.47 Å². The largest absolute Gasteiger partial charge is 0.493 e. The second-order valence-corrected chi connectivity index (χ2v) is 8.19. The summed E-state index contributed by atoms with van der Waals surface area (Å²) in [6.45, 7) is 3.35. The lowest BCUT2D eigenvalue weighted by Gasteiger charge is -2.29. The molecule has 1 amide bonds. The summed E-state index contributed by atoms with van der Waals surface area (Å²) in [5.74, 6) is 1.89. The Morgan fingerprint density at radius 3 is 2.63 bits per heavy atom. The molecule has 0 atom stereocenters. The molecule has 2 aromatic carbocycles. The highest BCUT2D eigenvalue weighted by atomic mass is 32.2. The summed E-state index contributed by atoms with van der Waals surface area (Å²) in [7, 11) is 3.27. The quantitative estimate of drug-likeness (QED) is 0.563. The van der Waals surface area contributed by atoms with Crippen molar-refractivity contribution in [2.45, 2.75) is 25.0 Å². The summed E-state index contributed by atoms with van der Waals surface area (Å²) >= 11 is 1.47. The van der Waals surface area contributed by atoms with E-state index in [0.29, 0.717) is 24.6 Å². The van der Waals surface area contributed by atoms with E-state index < -0.39 is 0 Å². The molecule has 0 unspecified atom stereocenters. The van der Waals surface area contributed by atoms with Gasteiger partial charge in [0.2, 0.25) is 5.91 Å². The number of amides is 1. The van der Waals surface area contributed by atoms with E-state index in [9.17, 15) is 4.79 Å². The smallest absolute Gasteiger partial charge is 0.233 e. The van der Waals surface area contributed by atoms with Gasteiger partial charge in [-0.3, -0.25) is 9.36 Å². The SMILES string of the molecule is COc1cc2c(cc1OC)CN(C(=O)CSc1nccn1-c1cccc(C)c1)CC2. The summed E-state index contributed by atoms with van der Waals surface area (Å²) in [5.41, 5.74) is 4.56. The summed E-state index contributed by atoms with van der Waals surface area (Å²) in [4.78, 5) is 19.2. The van der Waals surface area contributed by atoms with Crippen molar-refractivity contribution in [1.29, 1.82) is 0 Å². The van der Waals surface area contributed by atoms with Crippen LogP contribution in [0.25, 0.3) is 5.69 Å². The lowest BCUT2D eigenvalue weighted by Crippen LogP contribution is -2.37. The molecule has 6 nitrogen and oxygen atoms in total. The fourth-order valence-corrected chi connectivity index (χ4v) is 4.56. The third kappa shape index (κ3) is 4.16. The molecule has 0 N–H and O–H groups in total. The van der Waals surface area contributed by atoms with Gasteiger partial charge in [-0.25, -0.2) is 4.98 Å². The van der Waals surface area contributed by atoms with Gasteiger partial charge in [-0.15, -0.1) is 0 Å². The molecule has 1 aliphatic heterocycles. The third-order valence-corrected chi connectivity index (χ3v) is 6.23. The van der Waals surface area contributed by atoms with Crippen molar-refractivity contribution in [2.75, 3.05) is 26.5 Å². The third-order valence-electron chi connectivity index (χ3n) is 5.28. The van der Waals surface area contributed by atoms with Crippen molar-refractivity contribution in [3.8, 4) is 17.2 Å². The predicted octanol–water partition coefficient (Wildman–Crippen LogP) is 3.87. The van der Waals surface area contributed by atoms with Crippen molar-refractivity contribution in [2.24, 2.45) is 0 Å². The van der Waals surface area contributed by atoms with Crippen LogP contribution in [0.1, 0.15) is 16.7 Å². The molecule has 0 radical (unpaired) electrons. The van der Waals surface area contributed by atoms with Crippen LogP contribution in [0.15, 0.2) is 53.9 Å². The van der Waals surface area contributed by atoms with Crippen LogP contribution >= 0.6 is 11.8 Å². The Kier molecular flexibility index (Phi) is 5.99. The van der Waals surface area contributed by atoms with E-state index >= 15 is 0 Å². The lowest BCUT2D eigenvalue weighted by atomic mass is 9.99. The average Bonchev–Trinajstić information content (AvgIpc) is 3.24. The molecule has 0 spiro atoms. The highest BCUT2D eigenvalue weighted by Gasteiger charge is 2.23. The van der Waals surface area contributed by atoms with Gasteiger partial charge < -0.3 is 14.4 Å². The normalized spacial score (nSPS) is 13.1. The van der Waals surface area contributed by atoms with Gasteiger partial charge in [-0.05, 0) is 54.3 Å². The molecule has 1 aromatic heterocycles. The fraction of sp³-hybridized carbons (Fsp3) is 0.304. The van der Waals surface area contributed by atoms with E-state index in [1.165, 1.54) is 22.9 Å². The highest BCUT2D eigenvalue weighted by molar-refractivity contribution is 7.99. The maximum Gasteiger partial charge on any atom is 0.233 e. The number of aromatic nitrogens is 2. The van der Waals surface area contributed by atoms with E-state index in [1.54, 1.807) is 20.4 Å². The number of hydrogen-bond donors (Lipinski definition) is 0. The first kappa shape index (κ1) is 20.3. The number of rotatable bonds is 6. The van der Waals surface area contributed by atoms with Gasteiger partial charge in [-0.1, -0.05) is 23.9 Å². The molecule has 2 heterocycles. The molecule has 0 saturated heterocycles. The van der Waals surface area contributed by atoms with Gasteiger partial charge in [-0.2, -0.15) is 0 Å². The van der Waals surface area contributed by atoms with E-state index in [-0.39, 0.29) is 5.91 Å². The van der Waals surface area contributed by atoms with Crippen LogP contribution in [0.4, 0.5) is 0 Å². The molecule has 0 bridgehead atoms. The van der Waals surface area contributed by atoms with Crippen molar-refractivity contribution in [1.82, 2.24) is 14.5 Å². The zero-order chi connectivity index (χ0) is 21.1. The number of benzene rings is 2. The maximum absolute atomic E-state index is 12.9. The summed E-state index contributed by atoms with van der Waals surface area (Å²) in [6, 6.07) is 12.2. The number of thioether (sulfide) groups is 1. The fourth-order valence-electron chi connectivity index (χ4n) is 3.68. The van der Waals surface area contributed by atoms with Crippen molar-refractivity contribution in [3.63, 3.8) is 0 Å². The molecule has 3 aromatic rings. The van der Waals surface area contributed by atoms with E-state index in [1.807, 2.05) is 39.9 Å². The Bertz CT molecular complexity index is 1060. The lowest BCUT2D eigenvalue weighted by molar-refractivity contribution is -0.129. The van der Waals surface area contributed by atoms with Gasteiger partial charge in [0.15, 0.2) is 16.7 Å². The number of ether oxygens (including phenoxy) is 2. The number of aryl methyl sites for hydroxylation is 1.